The van der Waals surface area contributed by atoms with Gasteiger partial charge in [0, 0.05) is 12.5 Å². The third kappa shape index (κ3) is 5.47. The number of benzene rings is 1. The van der Waals surface area contributed by atoms with Gasteiger partial charge in [-0.2, -0.15) is 0 Å². The summed E-state index contributed by atoms with van der Waals surface area (Å²) in [6.07, 6.45) is 1.74. The number of nitrogens with zero attached hydrogens (tertiary/aromatic N) is 3. The number of ether oxygens (including phenoxy) is 2. The molecule has 1 aromatic heterocycles. The van der Waals surface area contributed by atoms with E-state index in [4.69, 9.17) is 4.74 Å². The molecule has 2 rings (SSSR count). The quantitative estimate of drug-likeness (QED) is 0.366. The molecule has 0 radical (unpaired) electrons. The van der Waals surface area contributed by atoms with Gasteiger partial charge in [0.15, 0.2) is 5.16 Å². The Morgan fingerprint density at radius 1 is 1.20 bits per heavy atom. The van der Waals surface area contributed by atoms with Crippen molar-refractivity contribution in [1.82, 2.24) is 14.8 Å². The average Bonchev–Trinajstić information content (AvgIpc) is 3.14. The SMILES string of the molecule is C=CCn1c(SCC(=O)Nc2cc(C(=O)OC)ccc2C(=O)OC)nnc1C(C)C. The summed E-state index contributed by atoms with van der Waals surface area (Å²) in [5, 5.41) is 11.6. The Hall–Kier alpha value is -3.14. The van der Waals surface area contributed by atoms with Crippen molar-refractivity contribution in [3.8, 4) is 0 Å². The first-order valence-electron chi connectivity index (χ1n) is 9.09. The van der Waals surface area contributed by atoms with E-state index in [-0.39, 0.29) is 34.4 Å². The lowest BCUT2D eigenvalue weighted by Crippen LogP contribution is -2.18. The molecule has 0 saturated heterocycles. The van der Waals surface area contributed by atoms with E-state index >= 15 is 0 Å². The normalized spacial score (nSPS) is 10.6. The fourth-order valence-corrected chi connectivity index (χ4v) is 3.39. The van der Waals surface area contributed by atoms with Crippen LogP contribution in [-0.2, 0) is 20.8 Å². The molecule has 1 N–H and O–H groups in total. The minimum Gasteiger partial charge on any atom is -0.465 e. The number of rotatable bonds is 9. The van der Waals surface area contributed by atoms with Crippen molar-refractivity contribution in [2.24, 2.45) is 0 Å². The molecular formula is C20H24N4O5S. The second-order valence-electron chi connectivity index (χ2n) is 6.48. The predicted octanol–water partition coefficient (Wildman–Crippen LogP) is 2.89. The Bertz CT molecular complexity index is 955. The number of amides is 1. The Morgan fingerprint density at radius 2 is 1.90 bits per heavy atom. The van der Waals surface area contributed by atoms with Gasteiger partial charge in [-0.15, -0.1) is 16.8 Å². The summed E-state index contributed by atoms with van der Waals surface area (Å²) in [6, 6.07) is 4.20. The van der Waals surface area contributed by atoms with Gasteiger partial charge in [-0.05, 0) is 18.2 Å². The summed E-state index contributed by atoms with van der Waals surface area (Å²) in [6.45, 7) is 8.29. The molecule has 1 amide bonds. The highest BCUT2D eigenvalue weighted by Crippen LogP contribution is 2.23. The zero-order chi connectivity index (χ0) is 22.3. The van der Waals surface area contributed by atoms with Crippen LogP contribution in [0.2, 0.25) is 0 Å². The zero-order valence-corrected chi connectivity index (χ0v) is 18.1. The first kappa shape index (κ1) is 23.1. The van der Waals surface area contributed by atoms with E-state index in [0.717, 1.165) is 5.82 Å². The first-order chi connectivity index (χ1) is 14.3. The van der Waals surface area contributed by atoms with Gasteiger partial charge in [0.05, 0.1) is 36.8 Å². The smallest absolute Gasteiger partial charge is 0.339 e. The molecule has 0 unspecified atom stereocenters. The summed E-state index contributed by atoms with van der Waals surface area (Å²) in [4.78, 5) is 36.3. The highest BCUT2D eigenvalue weighted by Gasteiger charge is 2.19. The molecule has 2 aromatic rings. The van der Waals surface area contributed by atoms with E-state index in [1.54, 1.807) is 6.08 Å². The molecular weight excluding hydrogens is 408 g/mol. The molecule has 1 heterocycles. The van der Waals surface area contributed by atoms with Crippen LogP contribution in [0.4, 0.5) is 5.69 Å². The van der Waals surface area contributed by atoms with Crippen LogP contribution in [0.15, 0.2) is 36.0 Å². The number of thioether (sulfide) groups is 1. The third-order valence-electron chi connectivity index (χ3n) is 4.03. The first-order valence-corrected chi connectivity index (χ1v) is 10.1. The number of allylic oxidation sites excluding steroid dienone is 1. The highest BCUT2D eigenvalue weighted by molar-refractivity contribution is 7.99. The van der Waals surface area contributed by atoms with Crippen LogP contribution >= 0.6 is 11.8 Å². The van der Waals surface area contributed by atoms with Gasteiger partial charge in [0.2, 0.25) is 5.91 Å². The topological polar surface area (TPSA) is 112 Å². The number of methoxy groups -OCH3 is 2. The second kappa shape index (κ2) is 10.6. The summed E-state index contributed by atoms with van der Waals surface area (Å²) in [7, 11) is 2.48. The molecule has 0 aliphatic heterocycles. The minimum absolute atomic E-state index is 0.0242. The Balaban J connectivity index is 2.19. The van der Waals surface area contributed by atoms with Crippen molar-refractivity contribution in [3.05, 3.63) is 47.8 Å². The molecule has 30 heavy (non-hydrogen) atoms. The fourth-order valence-electron chi connectivity index (χ4n) is 2.63. The average molecular weight is 433 g/mol. The number of esters is 2. The molecule has 0 bridgehead atoms. The van der Waals surface area contributed by atoms with E-state index in [9.17, 15) is 14.4 Å². The number of carbonyl (C=O) groups is 3. The third-order valence-corrected chi connectivity index (χ3v) is 4.99. The molecule has 0 atom stereocenters. The molecule has 10 heteroatoms. The largest absolute Gasteiger partial charge is 0.465 e. The lowest BCUT2D eigenvalue weighted by Gasteiger charge is -2.12. The van der Waals surface area contributed by atoms with E-state index in [1.165, 1.54) is 44.2 Å². The number of anilines is 1. The van der Waals surface area contributed by atoms with Crippen molar-refractivity contribution in [2.45, 2.75) is 31.5 Å². The molecule has 9 nitrogen and oxygen atoms in total. The maximum Gasteiger partial charge on any atom is 0.339 e. The number of nitrogens with one attached hydrogen (secondary N) is 1. The lowest BCUT2D eigenvalue weighted by atomic mass is 10.1. The van der Waals surface area contributed by atoms with Crippen LogP contribution in [0.25, 0.3) is 0 Å². The molecule has 160 valence electrons. The molecule has 1 aromatic carbocycles. The van der Waals surface area contributed by atoms with E-state index < -0.39 is 11.9 Å². The van der Waals surface area contributed by atoms with E-state index in [0.29, 0.717) is 11.7 Å². The van der Waals surface area contributed by atoms with Crippen molar-refractivity contribution in [2.75, 3.05) is 25.3 Å². The molecule has 0 saturated carbocycles. The van der Waals surface area contributed by atoms with Crippen molar-refractivity contribution >= 4 is 35.3 Å². The van der Waals surface area contributed by atoms with E-state index in [2.05, 4.69) is 26.8 Å². The van der Waals surface area contributed by atoms with Gasteiger partial charge in [0.25, 0.3) is 0 Å². The van der Waals surface area contributed by atoms with Gasteiger partial charge in [-0.25, -0.2) is 9.59 Å². The maximum atomic E-state index is 12.5. The van der Waals surface area contributed by atoms with Crippen molar-refractivity contribution in [1.29, 1.82) is 0 Å². The van der Waals surface area contributed by atoms with Gasteiger partial charge in [-0.3, -0.25) is 4.79 Å². The van der Waals surface area contributed by atoms with Gasteiger partial charge in [-0.1, -0.05) is 31.7 Å². The van der Waals surface area contributed by atoms with Crippen LogP contribution in [0.1, 0.15) is 46.3 Å². The molecule has 0 aliphatic carbocycles. The fraction of sp³-hybridized carbons (Fsp3) is 0.350. The van der Waals surface area contributed by atoms with E-state index in [1.807, 2.05) is 18.4 Å². The Labute approximate surface area is 178 Å². The number of carbonyl (C=O) groups excluding carboxylic acids is 3. The number of hydrogen-bond donors (Lipinski definition) is 1. The standard InChI is InChI=1S/C20H24N4O5S/c1-6-9-24-17(12(2)3)22-23-20(24)30-11-16(25)21-15-10-13(18(26)28-4)7-8-14(15)19(27)29-5/h6-8,10,12H,1,9,11H2,2-5H3,(H,21,25). The highest BCUT2D eigenvalue weighted by atomic mass is 32.2. The van der Waals surface area contributed by atoms with Gasteiger partial charge >= 0.3 is 11.9 Å². The van der Waals surface area contributed by atoms with Crippen LogP contribution in [0.3, 0.4) is 0 Å². The van der Waals surface area contributed by atoms with Crippen LogP contribution in [0, 0.1) is 0 Å². The predicted molar refractivity (Wildman–Crippen MR) is 113 cm³/mol. The molecule has 0 spiro atoms. The summed E-state index contributed by atoms with van der Waals surface area (Å²) < 4.78 is 11.3. The monoisotopic (exact) mass is 432 g/mol. The Kier molecular flexibility index (Phi) is 8.16. The number of hydrogen-bond acceptors (Lipinski definition) is 8. The van der Waals surface area contributed by atoms with Gasteiger partial charge < -0.3 is 19.4 Å². The molecule has 0 fully saturated rings. The van der Waals surface area contributed by atoms with Crippen LogP contribution in [-0.4, -0.2) is 52.6 Å². The maximum absolute atomic E-state index is 12.5. The summed E-state index contributed by atoms with van der Waals surface area (Å²) in [5.74, 6) is -0.611. The molecule has 0 aliphatic rings. The summed E-state index contributed by atoms with van der Waals surface area (Å²) in [5.41, 5.74) is 0.478. The van der Waals surface area contributed by atoms with Crippen LogP contribution < -0.4 is 5.32 Å². The lowest BCUT2D eigenvalue weighted by molar-refractivity contribution is -0.113. The van der Waals surface area contributed by atoms with Crippen molar-refractivity contribution in [3.63, 3.8) is 0 Å². The van der Waals surface area contributed by atoms with Crippen LogP contribution in [0.5, 0.6) is 0 Å². The second-order valence-corrected chi connectivity index (χ2v) is 7.42. The Morgan fingerprint density at radius 3 is 2.50 bits per heavy atom. The zero-order valence-electron chi connectivity index (χ0n) is 17.3. The van der Waals surface area contributed by atoms with Gasteiger partial charge in [0.1, 0.15) is 5.82 Å². The summed E-state index contributed by atoms with van der Waals surface area (Å²) >= 11 is 1.21. The van der Waals surface area contributed by atoms with Crippen molar-refractivity contribution < 1.29 is 23.9 Å². The minimum atomic E-state index is -0.637. The number of aromatic nitrogens is 3.